The van der Waals surface area contributed by atoms with Gasteiger partial charge in [-0.25, -0.2) is 0 Å². The molecule has 23 heavy (non-hydrogen) atoms. The third kappa shape index (κ3) is 4.83. The topological polar surface area (TPSA) is 60.3 Å². The molecule has 1 aliphatic carbocycles. The zero-order valence-corrected chi connectivity index (χ0v) is 15.8. The molecule has 2 rings (SSSR count). The summed E-state index contributed by atoms with van der Waals surface area (Å²) >= 11 is 3.43. The van der Waals surface area contributed by atoms with Gasteiger partial charge in [0.05, 0.1) is 10.6 Å². The van der Waals surface area contributed by atoms with Crippen LogP contribution in [0.5, 0.6) is 5.75 Å². The summed E-state index contributed by atoms with van der Waals surface area (Å²) in [7, 11) is 1.71. The third-order valence-corrected chi connectivity index (χ3v) is 4.72. The average molecular weight is 385 g/mol. The van der Waals surface area contributed by atoms with E-state index in [-0.39, 0.29) is 29.0 Å². The molecule has 0 spiro atoms. The molecule has 1 N–H and O–H groups in total. The van der Waals surface area contributed by atoms with Crippen molar-refractivity contribution in [1.82, 2.24) is 9.88 Å². The number of halogens is 1. The van der Waals surface area contributed by atoms with E-state index >= 15 is 0 Å². The van der Waals surface area contributed by atoms with E-state index in [0.717, 1.165) is 30.2 Å². The second kappa shape index (κ2) is 7.07. The quantitative estimate of drug-likeness (QED) is 0.870. The maximum Gasteiger partial charge on any atom is 0.254 e. The monoisotopic (exact) mass is 384 g/mol. The predicted octanol–water partition coefficient (Wildman–Crippen LogP) is 3.00. The number of nitrogens with one attached hydrogen (secondary N) is 1. The van der Waals surface area contributed by atoms with E-state index in [9.17, 15) is 9.59 Å². The molecule has 1 aliphatic rings. The second-order valence-electron chi connectivity index (χ2n) is 7.25. The summed E-state index contributed by atoms with van der Waals surface area (Å²) in [4.78, 5) is 23.7. The van der Waals surface area contributed by atoms with Gasteiger partial charge in [0.2, 0.25) is 5.91 Å². The molecule has 0 atom stereocenters. The number of nitrogens with zero attached hydrogens (tertiary/aromatic N) is 1. The molecule has 0 aromatic carbocycles. The van der Waals surface area contributed by atoms with Crippen LogP contribution in [0.25, 0.3) is 0 Å². The number of aryl methyl sites for hydroxylation is 1. The molecule has 0 unspecified atom stereocenters. The third-order valence-electron chi connectivity index (χ3n) is 4.13. The van der Waals surface area contributed by atoms with Gasteiger partial charge in [0, 0.05) is 30.8 Å². The zero-order valence-electron chi connectivity index (χ0n) is 14.2. The smallest absolute Gasteiger partial charge is 0.254 e. The van der Waals surface area contributed by atoms with Crippen LogP contribution in [0, 0.1) is 5.41 Å². The van der Waals surface area contributed by atoms with Crippen LogP contribution in [0.3, 0.4) is 0 Å². The zero-order chi connectivity index (χ0) is 17.2. The van der Waals surface area contributed by atoms with E-state index in [4.69, 9.17) is 4.74 Å². The number of pyridine rings is 1. The molecular formula is C17H25BrN2O3. The van der Waals surface area contributed by atoms with Gasteiger partial charge in [-0.05, 0) is 41.6 Å². The second-order valence-corrected chi connectivity index (χ2v) is 8.10. The average Bonchev–Trinajstić information content (AvgIpc) is 2.45. The molecule has 1 fully saturated rings. The Morgan fingerprint density at radius 3 is 2.48 bits per heavy atom. The normalized spacial score (nSPS) is 21.8. The maximum absolute atomic E-state index is 12.0. The van der Waals surface area contributed by atoms with E-state index in [2.05, 4.69) is 21.2 Å². The van der Waals surface area contributed by atoms with Gasteiger partial charge < -0.3 is 14.6 Å². The minimum absolute atomic E-state index is 0.0844. The van der Waals surface area contributed by atoms with Crippen molar-refractivity contribution in [1.29, 1.82) is 0 Å². The molecule has 0 saturated heterocycles. The Morgan fingerprint density at radius 2 is 1.91 bits per heavy atom. The summed E-state index contributed by atoms with van der Waals surface area (Å²) in [6, 6.07) is 1.73. The Labute approximate surface area is 145 Å². The molecule has 0 bridgehead atoms. The standard InChI is InChI=1S/C17H25BrN2O3/c1-17(2,3)16(22)19-11-5-7-12(8-6-11)23-14-9-15(21)20(4)10-13(14)18/h9-12H,5-8H2,1-4H3,(H,19,22)/t11-,12-. The van der Waals surface area contributed by atoms with Gasteiger partial charge >= 0.3 is 0 Å². The van der Waals surface area contributed by atoms with Crippen LogP contribution in [-0.2, 0) is 11.8 Å². The first kappa shape index (κ1) is 18.0. The number of hydrogen-bond acceptors (Lipinski definition) is 3. The number of carbonyl (C=O) groups is 1. The summed E-state index contributed by atoms with van der Waals surface area (Å²) in [5, 5.41) is 3.11. The highest BCUT2D eigenvalue weighted by Gasteiger charge is 2.28. The Hall–Kier alpha value is -1.30. The summed E-state index contributed by atoms with van der Waals surface area (Å²) in [5.41, 5.74) is -0.447. The molecule has 1 aromatic heterocycles. The molecule has 1 amide bonds. The van der Waals surface area contributed by atoms with Crippen LogP contribution < -0.4 is 15.6 Å². The summed E-state index contributed by atoms with van der Waals surface area (Å²) < 4.78 is 8.26. The molecular weight excluding hydrogens is 360 g/mol. The first-order valence-corrected chi connectivity index (χ1v) is 8.80. The van der Waals surface area contributed by atoms with Crippen molar-refractivity contribution in [2.45, 2.75) is 58.6 Å². The number of hydrogen-bond donors (Lipinski definition) is 1. The van der Waals surface area contributed by atoms with Gasteiger partial charge in [-0.2, -0.15) is 0 Å². The summed E-state index contributed by atoms with van der Waals surface area (Å²) in [5.74, 6) is 0.687. The van der Waals surface area contributed by atoms with Gasteiger partial charge in [0.25, 0.3) is 5.56 Å². The molecule has 1 heterocycles. The van der Waals surface area contributed by atoms with E-state index in [0.29, 0.717) is 5.75 Å². The van der Waals surface area contributed by atoms with Crippen molar-refractivity contribution >= 4 is 21.8 Å². The highest BCUT2D eigenvalue weighted by Crippen LogP contribution is 2.28. The molecule has 1 saturated carbocycles. The highest BCUT2D eigenvalue weighted by atomic mass is 79.9. The van der Waals surface area contributed by atoms with E-state index in [1.165, 1.54) is 10.6 Å². The van der Waals surface area contributed by atoms with E-state index in [1.54, 1.807) is 13.2 Å². The van der Waals surface area contributed by atoms with Gasteiger partial charge in [-0.3, -0.25) is 9.59 Å². The predicted molar refractivity (Wildman–Crippen MR) is 93.7 cm³/mol. The van der Waals surface area contributed by atoms with Crippen LogP contribution in [0.4, 0.5) is 0 Å². The number of carbonyl (C=O) groups excluding carboxylic acids is 1. The lowest BCUT2D eigenvalue weighted by Gasteiger charge is -2.31. The first-order valence-electron chi connectivity index (χ1n) is 8.00. The van der Waals surface area contributed by atoms with Crippen molar-refractivity contribution in [3.8, 4) is 5.75 Å². The Morgan fingerprint density at radius 1 is 1.30 bits per heavy atom. The molecule has 128 valence electrons. The molecule has 1 aromatic rings. The number of ether oxygens (including phenoxy) is 1. The molecule has 0 radical (unpaired) electrons. The Bertz CT molecular complexity index is 626. The van der Waals surface area contributed by atoms with Crippen molar-refractivity contribution in [3.05, 3.63) is 27.1 Å². The van der Waals surface area contributed by atoms with Crippen LogP contribution in [0.1, 0.15) is 46.5 Å². The number of amides is 1. The van der Waals surface area contributed by atoms with Crippen LogP contribution >= 0.6 is 15.9 Å². The Kier molecular flexibility index (Phi) is 5.55. The summed E-state index contributed by atoms with van der Waals surface area (Å²) in [6.07, 6.45) is 5.34. The summed E-state index contributed by atoms with van der Waals surface area (Å²) in [6.45, 7) is 5.76. The van der Waals surface area contributed by atoms with Gasteiger partial charge in [0.1, 0.15) is 5.75 Å². The van der Waals surface area contributed by atoms with Crippen molar-refractivity contribution in [2.75, 3.05) is 0 Å². The number of aromatic nitrogens is 1. The Balaban J connectivity index is 1.89. The van der Waals surface area contributed by atoms with Crippen molar-refractivity contribution in [3.63, 3.8) is 0 Å². The first-order chi connectivity index (χ1) is 10.7. The van der Waals surface area contributed by atoms with Gasteiger partial charge in [-0.1, -0.05) is 20.8 Å². The molecule has 6 heteroatoms. The minimum atomic E-state index is -0.359. The van der Waals surface area contributed by atoms with Crippen LogP contribution in [-0.4, -0.2) is 22.6 Å². The fourth-order valence-electron chi connectivity index (χ4n) is 2.58. The minimum Gasteiger partial charge on any atom is -0.489 e. The lowest BCUT2D eigenvalue weighted by Crippen LogP contribution is -2.44. The van der Waals surface area contributed by atoms with Crippen LogP contribution in [0.2, 0.25) is 0 Å². The fourth-order valence-corrected chi connectivity index (χ4v) is 3.09. The van der Waals surface area contributed by atoms with Crippen molar-refractivity contribution in [2.24, 2.45) is 12.5 Å². The largest absolute Gasteiger partial charge is 0.489 e. The fraction of sp³-hybridized carbons (Fsp3) is 0.647. The van der Waals surface area contributed by atoms with Crippen LogP contribution in [0.15, 0.2) is 21.5 Å². The SMILES string of the molecule is Cn1cc(Br)c(O[C@H]2CC[C@H](NC(=O)C(C)(C)C)CC2)cc1=O. The van der Waals surface area contributed by atoms with Crippen molar-refractivity contribution < 1.29 is 9.53 Å². The van der Waals surface area contributed by atoms with E-state index < -0.39 is 0 Å². The van der Waals surface area contributed by atoms with Gasteiger partial charge in [0.15, 0.2) is 0 Å². The lowest BCUT2D eigenvalue weighted by atomic mass is 9.90. The lowest BCUT2D eigenvalue weighted by molar-refractivity contribution is -0.129. The van der Waals surface area contributed by atoms with Gasteiger partial charge in [-0.15, -0.1) is 0 Å². The highest BCUT2D eigenvalue weighted by molar-refractivity contribution is 9.10. The molecule has 0 aliphatic heterocycles. The maximum atomic E-state index is 12.0. The van der Waals surface area contributed by atoms with E-state index in [1.807, 2.05) is 20.8 Å². The molecule has 5 nitrogen and oxygen atoms in total. The number of rotatable bonds is 3.